The van der Waals surface area contributed by atoms with E-state index in [1.165, 1.54) is 6.26 Å². The van der Waals surface area contributed by atoms with Gasteiger partial charge >= 0.3 is 0 Å². The van der Waals surface area contributed by atoms with Crippen LogP contribution in [0.1, 0.15) is 44.3 Å². The summed E-state index contributed by atoms with van der Waals surface area (Å²) in [6.07, 6.45) is 8.45. The summed E-state index contributed by atoms with van der Waals surface area (Å²) in [6, 6.07) is 2.41. The van der Waals surface area contributed by atoms with Gasteiger partial charge in [-0.2, -0.15) is 5.10 Å². The molecule has 0 bridgehead atoms. The van der Waals surface area contributed by atoms with Crippen LogP contribution >= 0.6 is 0 Å². The Morgan fingerprint density at radius 2 is 1.93 bits per heavy atom. The van der Waals surface area contributed by atoms with Gasteiger partial charge in [-0.05, 0) is 32.8 Å². The number of sulfonamides is 1. The van der Waals surface area contributed by atoms with Crippen molar-refractivity contribution in [2.24, 2.45) is 7.05 Å². The minimum Gasteiger partial charge on any atom is -0.328 e. The third-order valence-electron chi connectivity index (χ3n) is 5.46. The molecule has 4 heterocycles. The van der Waals surface area contributed by atoms with E-state index in [0.29, 0.717) is 13.1 Å². The Bertz CT molecular complexity index is 1110. The second-order valence-electron chi connectivity index (χ2n) is 7.85. The second-order valence-corrected chi connectivity index (χ2v) is 9.83. The highest BCUT2D eigenvalue weighted by atomic mass is 32.2. The molecule has 150 valence electrons. The molecule has 0 atom stereocenters. The van der Waals surface area contributed by atoms with Gasteiger partial charge in [0.1, 0.15) is 11.2 Å². The molecule has 0 aromatic carbocycles. The maximum atomic E-state index is 11.8. The van der Waals surface area contributed by atoms with E-state index >= 15 is 0 Å². The van der Waals surface area contributed by atoms with E-state index < -0.39 is 10.0 Å². The highest BCUT2D eigenvalue weighted by molar-refractivity contribution is 7.88. The molecule has 0 radical (unpaired) electrons. The normalized spacial score (nSPS) is 17.0. The molecule has 1 aliphatic rings. The highest BCUT2D eigenvalue weighted by Crippen LogP contribution is 2.34. The molecule has 0 aliphatic carbocycles. The Kier molecular flexibility index (Phi) is 4.75. The Balaban J connectivity index is 1.78. The SMILES string of the molecule is CC(C)n1cnc2c(-c3cnn(C)c3)nc(C3CCN(S(C)(=O)=O)CC3)cc21. The molecule has 28 heavy (non-hydrogen) atoms. The van der Waals surface area contributed by atoms with E-state index in [4.69, 9.17) is 4.98 Å². The minimum absolute atomic E-state index is 0.230. The summed E-state index contributed by atoms with van der Waals surface area (Å²) >= 11 is 0. The van der Waals surface area contributed by atoms with E-state index in [-0.39, 0.29) is 12.0 Å². The van der Waals surface area contributed by atoms with Crippen LogP contribution < -0.4 is 0 Å². The van der Waals surface area contributed by atoms with Crippen LogP contribution in [0.25, 0.3) is 22.3 Å². The average Bonchev–Trinajstić information content (AvgIpc) is 3.26. The van der Waals surface area contributed by atoms with Gasteiger partial charge in [0.05, 0.1) is 24.3 Å². The lowest BCUT2D eigenvalue weighted by molar-refractivity contribution is 0.319. The Morgan fingerprint density at radius 3 is 2.50 bits per heavy atom. The fraction of sp³-hybridized carbons (Fsp3) is 0.526. The highest BCUT2D eigenvalue weighted by Gasteiger charge is 2.28. The molecule has 1 fully saturated rings. The third-order valence-corrected chi connectivity index (χ3v) is 6.76. The lowest BCUT2D eigenvalue weighted by Gasteiger charge is -2.30. The summed E-state index contributed by atoms with van der Waals surface area (Å²) in [6.45, 7) is 5.34. The number of rotatable bonds is 4. The summed E-state index contributed by atoms with van der Waals surface area (Å²) in [5.74, 6) is 0.230. The third kappa shape index (κ3) is 3.44. The summed E-state index contributed by atoms with van der Waals surface area (Å²) in [4.78, 5) is 9.60. The zero-order valence-electron chi connectivity index (χ0n) is 16.7. The van der Waals surface area contributed by atoms with Gasteiger partial charge in [0.25, 0.3) is 0 Å². The van der Waals surface area contributed by atoms with Crippen LogP contribution in [0.3, 0.4) is 0 Å². The number of piperidine rings is 1. The van der Waals surface area contributed by atoms with Crippen LogP contribution in [0.5, 0.6) is 0 Å². The van der Waals surface area contributed by atoms with Crippen LogP contribution in [0, 0.1) is 0 Å². The summed E-state index contributed by atoms with van der Waals surface area (Å²) in [5.41, 5.74) is 4.72. The molecule has 4 rings (SSSR count). The summed E-state index contributed by atoms with van der Waals surface area (Å²) < 4.78 is 29.1. The van der Waals surface area contributed by atoms with Crippen molar-refractivity contribution in [3.8, 4) is 11.3 Å². The van der Waals surface area contributed by atoms with Crippen molar-refractivity contribution in [1.82, 2.24) is 28.6 Å². The fourth-order valence-electron chi connectivity index (χ4n) is 3.90. The number of fused-ring (bicyclic) bond motifs is 1. The standard InChI is InChI=1S/C19H26N6O2S/c1-13(2)25-12-20-19-17(25)9-16(22-18(19)15-10-21-23(3)11-15)14-5-7-24(8-6-14)28(4,26)27/h9-14H,5-8H2,1-4H3. The van der Waals surface area contributed by atoms with Crippen LogP contribution in [0.4, 0.5) is 0 Å². The topological polar surface area (TPSA) is 85.9 Å². The number of pyridine rings is 1. The van der Waals surface area contributed by atoms with E-state index in [2.05, 4.69) is 34.6 Å². The van der Waals surface area contributed by atoms with Crippen molar-refractivity contribution in [1.29, 1.82) is 0 Å². The Labute approximate surface area is 165 Å². The molecule has 0 amide bonds. The average molecular weight is 403 g/mol. The van der Waals surface area contributed by atoms with Crippen molar-refractivity contribution >= 4 is 21.1 Å². The first kappa shape index (κ1) is 19.1. The van der Waals surface area contributed by atoms with Crippen molar-refractivity contribution in [3.63, 3.8) is 0 Å². The molecule has 9 heteroatoms. The minimum atomic E-state index is -3.14. The number of hydrogen-bond donors (Lipinski definition) is 0. The van der Waals surface area contributed by atoms with E-state index in [9.17, 15) is 8.42 Å². The molecule has 1 saturated heterocycles. The smallest absolute Gasteiger partial charge is 0.211 e. The van der Waals surface area contributed by atoms with Crippen LogP contribution in [0.2, 0.25) is 0 Å². The van der Waals surface area contributed by atoms with Gasteiger partial charge in [-0.3, -0.25) is 4.68 Å². The lowest BCUT2D eigenvalue weighted by Crippen LogP contribution is -2.37. The van der Waals surface area contributed by atoms with Crippen LogP contribution in [-0.4, -0.2) is 56.4 Å². The predicted molar refractivity (Wildman–Crippen MR) is 109 cm³/mol. The number of aromatic nitrogens is 5. The predicted octanol–water partition coefficient (Wildman–Crippen LogP) is 2.55. The Morgan fingerprint density at radius 1 is 1.21 bits per heavy atom. The van der Waals surface area contributed by atoms with Gasteiger partial charge < -0.3 is 4.57 Å². The van der Waals surface area contributed by atoms with Gasteiger partial charge in [0.2, 0.25) is 10.0 Å². The maximum absolute atomic E-state index is 11.8. The zero-order chi connectivity index (χ0) is 20.1. The molecule has 8 nitrogen and oxygen atoms in total. The van der Waals surface area contributed by atoms with Crippen LogP contribution in [-0.2, 0) is 17.1 Å². The largest absolute Gasteiger partial charge is 0.328 e. The van der Waals surface area contributed by atoms with E-state index in [0.717, 1.165) is 40.8 Å². The van der Waals surface area contributed by atoms with E-state index in [1.807, 2.05) is 25.8 Å². The maximum Gasteiger partial charge on any atom is 0.211 e. The first-order chi connectivity index (χ1) is 13.2. The molecule has 0 saturated carbocycles. The molecule has 0 unspecified atom stereocenters. The van der Waals surface area contributed by atoms with Gasteiger partial charge in [0, 0.05) is 49.6 Å². The molecular weight excluding hydrogens is 376 g/mol. The summed E-state index contributed by atoms with van der Waals surface area (Å²) in [5, 5.41) is 4.29. The molecule has 1 aliphatic heterocycles. The van der Waals surface area contributed by atoms with Gasteiger partial charge in [-0.1, -0.05) is 0 Å². The number of hydrogen-bond acceptors (Lipinski definition) is 5. The van der Waals surface area contributed by atoms with Crippen molar-refractivity contribution in [2.75, 3.05) is 19.3 Å². The number of aryl methyl sites for hydroxylation is 1. The van der Waals surface area contributed by atoms with Crippen molar-refractivity contribution in [2.45, 2.75) is 38.6 Å². The number of imidazole rings is 1. The second kappa shape index (κ2) is 6.97. The summed E-state index contributed by atoms with van der Waals surface area (Å²) in [7, 11) is -1.25. The molecular formula is C19H26N6O2S. The first-order valence-electron chi connectivity index (χ1n) is 9.55. The molecule has 0 spiro atoms. The quantitative estimate of drug-likeness (QED) is 0.669. The molecule has 3 aromatic heterocycles. The zero-order valence-corrected chi connectivity index (χ0v) is 17.5. The fourth-order valence-corrected chi connectivity index (χ4v) is 4.77. The van der Waals surface area contributed by atoms with Gasteiger partial charge in [-0.15, -0.1) is 0 Å². The molecule has 0 N–H and O–H groups in total. The molecule has 3 aromatic rings. The van der Waals surface area contributed by atoms with Gasteiger partial charge in [0.15, 0.2) is 0 Å². The Hall–Kier alpha value is -2.26. The van der Waals surface area contributed by atoms with E-state index in [1.54, 1.807) is 8.99 Å². The van der Waals surface area contributed by atoms with Crippen LogP contribution in [0.15, 0.2) is 24.8 Å². The lowest BCUT2D eigenvalue weighted by atomic mass is 9.93. The van der Waals surface area contributed by atoms with Gasteiger partial charge in [-0.25, -0.2) is 22.7 Å². The number of nitrogens with zero attached hydrogens (tertiary/aromatic N) is 6. The first-order valence-corrected chi connectivity index (χ1v) is 11.4. The van der Waals surface area contributed by atoms with Crippen molar-refractivity contribution in [3.05, 3.63) is 30.5 Å². The monoisotopic (exact) mass is 402 g/mol. The van der Waals surface area contributed by atoms with Crippen molar-refractivity contribution < 1.29 is 8.42 Å².